The number of rotatable bonds is 7. The van der Waals surface area contributed by atoms with E-state index in [4.69, 9.17) is 11.5 Å². The Morgan fingerprint density at radius 2 is 1.70 bits per heavy atom. The van der Waals surface area contributed by atoms with Gasteiger partial charge in [0.2, 0.25) is 0 Å². The van der Waals surface area contributed by atoms with Crippen LogP contribution >= 0.6 is 0 Å². The summed E-state index contributed by atoms with van der Waals surface area (Å²) in [5, 5.41) is 47.8. The second-order valence-electron chi connectivity index (χ2n) is 19.1. The molecule has 12 atom stereocenters. The van der Waals surface area contributed by atoms with Crippen molar-refractivity contribution in [3.8, 4) is 0 Å². The van der Waals surface area contributed by atoms with Crippen LogP contribution in [0.15, 0.2) is 76.3 Å². The van der Waals surface area contributed by atoms with Gasteiger partial charge in [-0.25, -0.2) is 9.79 Å². The quantitative estimate of drug-likeness (QED) is 0.0865. The average Bonchev–Trinajstić information content (AvgIpc) is 3.74. The number of aliphatic carboxylic acids is 1. The fraction of sp³-hybridized carbons (Fsp3) is 0.609. The SMILES string of the molecule is CC(=C[C@@H](O)[C@H]1[C@@H](N=C(N)N)C=C[C@]2(C[C@H](O)[C@]3(C)C4=C(C(=O)C[C@]23C2CCCC2)[C@@]2(C)CCC(=O)C(C)(C)[C@@H]2[C@H](C=Cc2ccccc2)[C@H]4O)[C@H]1C)C(=O)O. The Balaban J connectivity index is 1.49. The van der Waals surface area contributed by atoms with Crippen LogP contribution in [0, 0.1) is 56.7 Å². The van der Waals surface area contributed by atoms with Gasteiger partial charge in [-0.3, -0.25) is 9.59 Å². The van der Waals surface area contributed by atoms with E-state index in [1.54, 1.807) is 0 Å². The summed E-state index contributed by atoms with van der Waals surface area (Å²) in [5.74, 6) is -3.27. The van der Waals surface area contributed by atoms with Gasteiger partial charge in [0, 0.05) is 62.9 Å². The Labute approximate surface area is 330 Å². The van der Waals surface area contributed by atoms with Gasteiger partial charge >= 0.3 is 5.97 Å². The summed E-state index contributed by atoms with van der Waals surface area (Å²) in [5.41, 5.74) is 9.60. The summed E-state index contributed by atoms with van der Waals surface area (Å²) in [7, 11) is 0. The molecule has 3 saturated carbocycles. The number of hydrogen-bond acceptors (Lipinski definition) is 7. The van der Waals surface area contributed by atoms with Gasteiger partial charge in [-0.15, -0.1) is 0 Å². The number of carboxylic acid groups (broad SMARTS) is 1. The van der Waals surface area contributed by atoms with Crippen LogP contribution < -0.4 is 11.5 Å². The first kappa shape index (κ1) is 40.3. The first-order valence-corrected chi connectivity index (χ1v) is 20.6. The summed E-state index contributed by atoms with van der Waals surface area (Å²) in [4.78, 5) is 45.9. The topological polar surface area (TPSA) is 197 Å². The summed E-state index contributed by atoms with van der Waals surface area (Å²) in [6.07, 6.45) is 10.8. The number of nitrogens with zero attached hydrogens (tertiary/aromatic N) is 1. The monoisotopic (exact) mass is 767 g/mol. The minimum Gasteiger partial charge on any atom is -0.478 e. The van der Waals surface area contributed by atoms with Gasteiger partial charge in [0.1, 0.15) is 5.78 Å². The molecule has 1 aromatic rings. The van der Waals surface area contributed by atoms with Crippen molar-refractivity contribution in [3.05, 3.63) is 76.9 Å². The smallest absolute Gasteiger partial charge is 0.331 e. The number of carbonyl (C=O) groups excluding carboxylic acids is 2. The number of carboxylic acids is 1. The van der Waals surface area contributed by atoms with Crippen LogP contribution in [0.2, 0.25) is 0 Å². The number of hydrogen-bond donors (Lipinski definition) is 6. The molecule has 0 amide bonds. The van der Waals surface area contributed by atoms with E-state index in [1.807, 2.05) is 69.3 Å². The molecule has 0 unspecified atom stereocenters. The number of Topliss-reactive ketones (excluding diaryl/α,β-unsaturated/α-hetero) is 2. The molecule has 3 fully saturated rings. The van der Waals surface area contributed by atoms with Gasteiger partial charge in [-0.05, 0) is 67.6 Å². The highest BCUT2D eigenvalue weighted by Crippen LogP contribution is 2.80. The second-order valence-corrected chi connectivity index (χ2v) is 19.1. The van der Waals surface area contributed by atoms with Crippen molar-refractivity contribution in [2.75, 3.05) is 0 Å². The van der Waals surface area contributed by atoms with E-state index in [0.717, 1.165) is 31.2 Å². The molecular weight excluding hydrogens is 707 g/mol. The molecule has 1 spiro atoms. The van der Waals surface area contributed by atoms with Crippen LogP contribution in [-0.2, 0) is 14.4 Å². The molecule has 10 nitrogen and oxygen atoms in total. The Morgan fingerprint density at radius 3 is 2.32 bits per heavy atom. The Bertz CT molecular complexity index is 1940. The average molecular weight is 768 g/mol. The van der Waals surface area contributed by atoms with E-state index in [1.165, 1.54) is 13.0 Å². The van der Waals surface area contributed by atoms with Crippen molar-refractivity contribution in [2.24, 2.45) is 73.1 Å². The second kappa shape index (κ2) is 13.9. The molecule has 10 heteroatoms. The van der Waals surface area contributed by atoms with Crippen LogP contribution in [0.3, 0.4) is 0 Å². The number of aliphatic hydroxyl groups is 3. The molecule has 6 aliphatic carbocycles. The Morgan fingerprint density at radius 1 is 1.04 bits per heavy atom. The van der Waals surface area contributed by atoms with Crippen LogP contribution in [-0.4, -0.2) is 68.3 Å². The lowest BCUT2D eigenvalue weighted by molar-refractivity contribution is -0.160. The Kier molecular flexibility index (Phi) is 10.0. The highest BCUT2D eigenvalue weighted by atomic mass is 16.4. The normalized spacial score (nSPS) is 41.4. The number of allylic oxidation sites excluding steroid dienone is 2. The summed E-state index contributed by atoms with van der Waals surface area (Å²) < 4.78 is 0. The van der Waals surface area contributed by atoms with Gasteiger partial charge in [-0.1, -0.05) is 102 Å². The number of ketones is 2. The molecule has 0 radical (unpaired) electrons. The largest absolute Gasteiger partial charge is 0.478 e. The third-order valence-electron chi connectivity index (χ3n) is 16.4. The predicted molar refractivity (Wildman–Crippen MR) is 216 cm³/mol. The van der Waals surface area contributed by atoms with Crippen molar-refractivity contribution < 1.29 is 34.8 Å². The third kappa shape index (κ3) is 5.52. The van der Waals surface area contributed by atoms with Crippen molar-refractivity contribution in [1.82, 2.24) is 0 Å². The van der Waals surface area contributed by atoms with E-state index in [9.17, 15) is 30.0 Å². The summed E-state index contributed by atoms with van der Waals surface area (Å²) >= 11 is 0. The molecule has 56 heavy (non-hydrogen) atoms. The number of nitrogens with two attached hydrogens (primary N) is 2. The van der Waals surface area contributed by atoms with Gasteiger partial charge in [0.15, 0.2) is 11.7 Å². The van der Waals surface area contributed by atoms with E-state index in [0.29, 0.717) is 24.0 Å². The molecule has 0 saturated heterocycles. The van der Waals surface area contributed by atoms with Crippen molar-refractivity contribution in [2.45, 2.75) is 117 Å². The van der Waals surface area contributed by atoms with E-state index in [-0.39, 0.29) is 47.8 Å². The summed E-state index contributed by atoms with van der Waals surface area (Å²) in [6.45, 7) is 11.6. The highest BCUT2D eigenvalue weighted by Gasteiger charge is 2.79. The first-order chi connectivity index (χ1) is 26.3. The standard InChI is InChI=1S/C46H61N3O7/c1-25(40(55)56)22-31(50)35-26(2)45(21-18-30(35)49-41(47)48)24-34(53)44(6)37-36(32(51)23-46(44,45)28-14-10-11-15-28)43(5)20-19-33(52)42(3,4)39(43)29(38(37)54)17-16-27-12-8-7-9-13-27/h7-9,12-13,16-18,21-22,26,28-31,34-35,38-39,50,53-54H,10-11,14-15,19-20,23-24H2,1-6H3,(H,55,56)(H4,47,48,49)/t26-,29+,30-,31+,34-,35+,38+,39-,43+,44+,45-,46+/m0/s1. The fourth-order valence-corrected chi connectivity index (χ4v) is 14.1. The van der Waals surface area contributed by atoms with E-state index in [2.05, 4.69) is 24.9 Å². The maximum Gasteiger partial charge on any atom is 0.331 e. The number of fused-ring (bicyclic) bond motifs is 5. The molecule has 7 rings (SSSR count). The van der Waals surface area contributed by atoms with Crippen LogP contribution in [0.4, 0.5) is 0 Å². The van der Waals surface area contributed by atoms with Gasteiger partial charge in [0.05, 0.1) is 24.4 Å². The van der Waals surface area contributed by atoms with E-state index < -0.39 is 75.2 Å². The lowest BCUT2D eigenvalue weighted by Crippen LogP contribution is -2.66. The Hall–Kier alpha value is -3.86. The minimum absolute atomic E-state index is 0.00360. The molecule has 302 valence electrons. The lowest BCUT2D eigenvalue weighted by atomic mass is 9.36. The van der Waals surface area contributed by atoms with Crippen LogP contribution in [0.1, 0.15) is 98.5 Å². The molecule has 6 aliphatic rings. The molecule has 0 aliphatic heterocycles. The molecule has 1 aromatic carbocycles. The first-order valence-electron chi connectivity index (χ1n) is 20.6. The van der Waals surface area contributed by atoms with Gasteiger partial charge in [-0.2, -0.15) is 0 Å². The van der Waals surface area contributed by atoms with E-state index >= 15 is 4.79 Å². The zero-order chi connectivity index (χ0) is 40.7. The summed E-state index contributed by atoms with van der Waals surface area (Å²) in [6, 6.07) is 9.17. The van der Waals surface area contributed by atoms with Crippen molar-refractivity contribution in [1.29, 1.82) is 0 Å². The third-order valence-corrected chi connectivity index (χ3v) is 16.4. The van der Waals surface area contributed by atoms with Gasteiger partial charge in [0.25, 0.3) is 0 Å². The number of carbonyl (C=O) groups is 3. The zero-order valence-corrected chi connectivity index (χ0v) is 33.7. The fourth-order valence-electron chi connectivity index (χ4n) is 14.1. The molecule has 8 N–H and O–H groups in total. The maximum absolute atomic E-state index is 15.6. The molecular formula is C46H61N3O7. The predicted octanol–water partition coefficient (Wildman–Crippen LogP) is 5.76. The number of benzene rings is 1. The molecule has 0 heterocycles. The highest BCUT2D eigenvalue weighted by molar-refractivity contribution is 6.01. The van der Waals surface area contributed by atoms with Gasteiger partial charge < -0.3 is 31.9 Å². The van der Waals surface area contributed by atoms with Crippen LogP contribution in [0.25, 0.3) is 6.08 Å². The van der Waals surface area contributed by atoms with Crippen molar-refractivity contribution >= 4 is 29.6 Å². The van der Waals surface area contributed by atoms with Crippen molar-refractivity contribution in [3.63, 3.8) is 0 Å². The number of guanidine groups is 1. The molecule has 0 aromatic heterocycles. The molecule has 0 bridgehead atoms. The number of aliphatic hydroxyl groups excluding tert-OH is 3. The maximum atomic E-state index is 15.6. The van der Waals surface area contributed by atoms with Crippen LogP contribution in [0.5, 0.6) is 0 Å². The minimum atomic E-state index is -1.26. The zero-order valence-electron chi connectivity index (χ0n) is 33.7. The lowest BCUT2D eigenvalue weighted by Gasteiger charge is -2.67. The number of aliphatic imine (C=N–C) groups is 1.